The van der Waals surface area contributed by atoms with Crippen molar-refractivity contribution in [2.75, 3.05) is 0 Å². The van der Waals surface area contributed by atoms with Gasteiger partial charge in [0.15, 0.2) is 0 Å². The van der Waals surface area contributed by atoms with E-state index in [-0.39, 0.29) is 37.7 Å². The van der Waals surface area contributed by atoms with Crippen molar-refractivity contribution in [3.05, 3.63) is 39.2 Å². The molecule has 0 nitrogen and oxygen atoms in total. The fourth-order valence-electron chi connectivity index (χ4n) is 0. The summed E-state index contributed by atoms with van der Waals surface area (Å²) < 4.78 is 0. The van der Waals surface area contributed by atoms with Crippen molar-refractivity contribution >= 4 is 37.7 Å². The Morgan fingerprint density at radius 2 is 0.857 bits per heavy atom. The number of hydrogen-bond donors (Lipinski definition) is 0. The van der Waals surface area contributed by atoms with Crippen LogP contribution in [0.2, 0.25) is 0 Å². The number of hydrogen-bond acceptors (Lipinski definition) is 0. The molecule has 0 aromatic carbocycles. The summed E-state index contributed by atoms with van der Waals surface area (Å²) in [6.45, 7) is 13.0. The Kier molecular flexibility index (Phi) is 66.1. The maximum atomic E-state index is 3.25. The second-order valence-electron chi connectivity index (χ2n) is 0.577. The molecule has 0 heterocycles. The van der Waals surface area contributed by atoms with Crippen LogP contribution >= 0.6 is 0 Å². The van der Waals surface area contributed by atoms with Crippen LogP contribution in [0, 0.1) is 13.8 Å². The van der Waals surface area contributed by atoms with Gasteiger partial charge in [-0.1, -0.05) is 12.2 Å². The molecule has 0 atom stereocenters. The molecule has 0 aromatic rings. The van der Waals surface area contributed by atoms with Gasteiger partial charge in [0.1, 0.15) is 0 Å². The molecule has 0 aliphatic rings. The van der Waals surface area contributed by atoms with Gasteiger partial charge in [0, 0.05) is 37.7 Å². The fraction of sp³-hybridized carbons (Fsp3) is 0. The number of rotatable bonds is 0. The normalized spacial score (nSPS) is 3.71. The molecule has 0 aromatic heterocycles. The topological polar surface area (TPSA) is 0 Å². The third kappa shape index (κ3) is 277. The van der Waals surface area contributed by atoms with Crippen molar-refractivity contribution in [3.8, 4) is 0 Å². The van der Waals surface area contributed by atoms with Crippen LogP contribution in [0.4, 0.5) is 0 Å². The van der Waals surface area contributed by atoms with Crippen molar-refractivity contribution < 1.29 is 0 Å². The van der Waals surface area contributed by atoms with E-state index in [1.54, 1.807) is 0 Å². The fourth-order valence-corrected chi connectivity index (χ4v) is 0. The predicted octanol–water partition coefficient (Wildman–Crippen LogP) is 1.63. The number of allylic oxidation sites excluding steroid dienone is 2. The largest absolute Gasteiger partial charge is 0.103 e. The summed E-state index contributed by atoms with van der Waals surface area (Å²) in [7, 11) is 0. The first-order valence-electron chi connectivity index (χ1n) is 1.63. The minimum absolute atomic E-state index is 0. The second kappa shape index (κ2) is 29.6. The van der Waals surface area contributed by atoms with Crippen LogP contribution in [-0.2, 0) is 0 Å². The Balaban J connectivity index is -0.0000000400. The van der Waals surface area contributed by atoms with Crippen molar-refractivity contribution in [3.63, 3.8) is 0 Å². The molecule has 0 spiro atoms. The molecule has 0 unspecified atom stereocenters. The summed E-state index contributed by atoms with van der Waals surface area (Å²) >= 11 is 0. The molecule has 0 aliphatic heterocycles. The Labute approximate surface area is 76.3 Å². The van der Waals surface area contributed by atoms with Crippen LogP contribution in [-0.4, -0.2) is 37.7 Å². The Hall–Kier alpha value is 0.740. The van der Waals surface area contributed by atoms with Crippen molar-refractivity contribution in [2.24, 2.45) is 0 Å². The molecular weight excluding hydrogens is 112 g/mol. The maximum absolute atomic E-state index is 3.25. The molecule has 0 N–H and O–H groups in total. The summed E-state index contributed by atoms with van der Waals surface area (Å²) in [5, 5.41) is 0. The molecule has 36 valence electrons. The maximum Gasteiger partial charge on any atom is 0 e. The summed E-state index contributed by atoms with van der Waals surface area (Å²) in [4.78, 5) is 0. The van der Waals surface area contributed by atoms with Gasteiger partial charge in [-0.15, -0.1) is 13.2 Å². The summed E-state index contributed by atoms with van der Waals surface area (Å²) in [6.07, 6.45) is 3.00. The first-order chi connectivity index (χ1) is 2.83. The smallest absolute Gasteiger partial charge is 0 e. The third-order valence-electron chi connectivity index (χ3n) is 0. The standard InChI is InChI=1S/2C3H5.Ca/c2*1-3-2;/h2*3H,1-2H2;. The second-order valence-corrected chi connectivity index (χ2v) is 0.577. The predicted molar refractivity (Wildman–Crippen MR) is 36.9 cm³/mol. The van der Waals surface area contributed by atoms with E-state index in [2.05, 4.69) is 27.0 Å². The van der Waals surface area contributed by atoms with E-state index in [0.29, 0.717) is 0 Å². The third-order valence-corrected chi connectivity index (χ3v) is 0. The molecule has 4 radical (unpaired) electrons. The zero-order valence-corrected chi connectivity index (χ0v) is 6.90. The van der Waals surface area contributed by atoms with E-state index < -0.39 is 0 Å². The molecular formula is C6H10Ca. The van der Waals surface area contributed by atoms with Gasteiger partial charge >= 0.3 is 0 Å². The van der Waals surface area contributed by atoms with Gasteiger partial charge < -0.3 is 0 Å². The molecule has 0 fully saturated rings. The van der Waals surface area contributed by atoms with Crippen LogP contribution in [0.25, 0.3) is 0 Å². The van der Waals surface area contributed by atoms with Gasteiger partial charge in [0.05, 0.1) is 0 Å². The van der Waals surface area contributed by atoms with E-state index in [0.717, 1.165) is 0 Å². The van der Waals surface area contributed by atoms with Gasteiger partial charge in [-0.3, -0.25) is 0 Å². The molecule has 1 heteroatoms. The van der Waals surface area contributed by atoms with Gasteiger partial charge in [-0.25, -0.2) is 0 Å². The van der Waals surface area contributed by atoms with E-state index in [4.69, 9.17) is 0 Å². The summed E-state index contributed by atoms with van der Waals surface area (Å²) in [6, 6.07) is 0. The Morgan fingerprint density at radius 1 is 0.857 bits per heavy atom. The zero-order chi connectivity index (χ0) is 5.41. The van der Waals surface area contributed by atoms with Crippen LogP contribution in [0.15, 0.2) is 25.3 Å². The van der Waals surface area contributed by atoms with Gasteiger partial charge in [0.2, 0.25) is 0 Å². The minimum atomic E-state index is 0. The van der Waals surface area contributed by atoms with Crippen LogP contribution in [0.3, 0.4) is 0 Å². The van der Waals surface area contributed by atoms with Crippen molar-refractivity contribution in [2.45, 2.75) is 0 Å². The monoisotopic (exact) mass is 122 g/mol. The molecule has 0 bridgehead atoms. The Morgan fingerprint density at radius 3 is 0.857 bits per heavy atom. The van der Waals surface area contributed by atoms with E-state index in [1.165, 1.54) is 12.2 Å². The van der Waals surface area contributed by atoms with Gasteiger partial charge in [-0.05, 0) is 13.8 Å². The average Bonchev–Trinajstić information content (AvgIpc) is 1.39. The van der Waals surface area contributed by atoms with Crippen molar-refractivity contribution in [1.29, 1.82) is 0 Å². The first-order valence-corrected chi connectivity index (χ1v) is 1.63. The molecule has 0 aliphatic carbocycles. The molecule has 0 rings (SSSR count). The quantitative estimate of drug-likeness (QED) is 0.428. The first kappa shape index (κ1) is 15.6. The zero-order valence-electron chi connectivity index (χ0n) is 4.69. The minimum Gasteiger partial charge on any atom is -0.103 e. The molecule has 0 saturated carbocycles. The van der Waals surface area contributed by atoms with E-state index >= 15 is 0 Å². The molecule has 7 heavy (non-hydrogen) atoms. The van der Waals surface area contributed by atoms with E-state index in [9.17, 15) is 0 Å². The van der Waals surface area contributed by atoms with Crippen LogP contribution in [0.5, 0.6) is 0 Å². The SMILES string of the molecule is [CH2]C=C.[CH2]C=C.[Ca]. The Bertz CT molecular complexity index is 25.2. The van der Waals surface area contributed by atoms with Crippen LogP contribution < -0.4 is 0 Å². The van der Waals surface area contributed by atoms with Crippen molar-refractivity contribution in [1.82, 2.24) is 0 Å². The summed E-state index contributed by atoms with van der Waals surface area (Å²) in [5.74, 6) is 0. The molecule has 0 saturated heterocycles. The summed E-state index contributed by atoms with van der Waals surface area (Å²) in [5.41, 5.74) is 0. The van der Waals surface area contributed by atoms with Gasteiger partial charge in [-0.2, -0.15) is 0 Å². The average molecular weight is 122 g/mol. The molecule has 0 amide bonds. The van der Waals surface area contributed by atoms with E-state index in [1.807, 2.05) is 0 Å². The van der Waals surface area contributed by atoms with Crippen LogP contribution in [0.1, 0.15) is 0 Å². The van der Waals surface area contributed by atoms with Gasteiger partial charge in [0.25, 0.3) is 0 Å².